The molecule has 2 nitrogen and oxygen atoms in total. The maximum absolute atomic E-state index is 12.5. The van der Waals surface area contributed by atoms with Crippen LogP contribution in [0.4, 0.5) is 18.9 Å². The van der Waals surface area contributed by atoms with Gasteiger partial charge in [0.25, 0.3) is 0 Å². The van der Waals surface area contributed by atoms with Crippen molar-refractivity contribution in [2.75, 3.05) is 18.0 Å². The number of rotatable bonds is 2. The number of halogens is 3. The Labute approximate surface area is 110 Å². The number of hydrogen-bond acceptors (Lipinski definition) is 2. The smallest absolute Gasteiger partial charge is 0.367 e. The summed E-state index contributed by atoms with van der Waals surface area (Å²) in [6.07, 6.45) is -2.88. The second-order valence-electron chi connectivity index (χ2n) is 4.80. The molecule has 19 heavy (non-hydrogen) atoms. The van der Waals surface area contributed by atoms with E-state index in [1.165, 1.54) is 6.08 Å². The van der Waals surface area contributed by atoms with Crippen LogP contribution in [0, 0.1) is 0 Å². The molecule has 1 aromatic rings. The molecule has 5 heteroatoms. The number of nitrogens with two attached hydrogens (primary N) is 1. The summed E-state index contributed by atoms with van der Waals surface area (Å²) in [7, 11) is 0. The van der Waals surface area contributed by atoms with Gasteiger partial charge in [-0.1, -0.05) is 18.2 Å². The molecule has 0 radical (unpaired) electrons. The highest BCUT2D eigenvalue weighted by Crippen LogP contribution is 2.31. The van der Waals surface area contributed by atoms with Crippen LogP contribution in [-0.2, 0) is 0 Å². The number of hydrogen-bond donors (Lipinski definition) is 1. The van der Waals surface area contributed by atoms with E-state index in [-0.39, 0.29) is 12.5 Å². The highest BCUT2D eigenvalue weighted by atomic mass is 19.4. The maximum atomic E-state index is 12.5. The van der Waals surface area contributed by atoms with Crippen molar-refractivity contribution in [3.05, 3.63) is 41.5 Å². The zero-order valence-corrected chi connectivity index (χ0v) is 10.7. The lowest BCUT2D eigenvalue weighted by Crippen LogP contribution is -2.31. The van der Waals surface area contributed by atoms with E-state index in [0.29, 0.717) is 13.1 Å². The number of anilines is 1. The topological polar surface area (TPSA) is 29.3 Å². The zero-order valence-electron chi connectivity index (χ0n) is 10.7. The third-order valence-corrected chi connectivity index (χ3v) is 3.36. The van der Waals surface area contributed by atoms with Gasteiger partial charge in [0.05, 0.1) is 0 Å². The van der Waals surface area contributed by atoms with Crippen LogP contribution in [0.25, 0.3) is 0 Å². The lowest BCUT2D eigenvalue weighted by Gasteiger charge is -2.29. The molecule has 1 aliphatic rings. The van der Waals surface area contributed by atoms with E-state index in [1.807, 2.05) is 36.1 Å². The van der Waals surface area contributed by atoms with Crippen LogP contribution in [0.5, 0.6) is 0 Å². The van der Waals surface area contributed by atoms with Crippen LogP contribution in [0.1, 0.15) is 24.9 Å². The van der Waals surface area contributed by atoms with Crippen molar-refractivity contribution in [1.82, 2.24) is 0 Å². The SMILES string of the molecule is C[C@H](N)c1ccc(N2CC=C(C(F)(F)F)CC2)cc1. The summed E-state index contributed by atoms with van der Waals surface area (Å²) in [5, 5.41) is 0. The van der Waals surface area contributed by atoms with Gasteiger partial charge in [0.15, 0.2) is 0 Å². The Morgan fingerprint density at radius 1 is 1.21 bits per heavy atom. The summed E-state index contributed by atoms with van der Waals surface area (Å²) in [5.74, 6) is 0. The normalized spacial score (nSPS) is 18.2. The van der Waals surface area contributed by atoms with Crippen molar-refractivity contribution in [2.45, 2.75) is 25.6 Å². The monoisotopic (exact) mass is 270 g/mol. The van der Waals surface area contributed by atoms with Crippen molar-refractivity contribution in [3.63, 3.8) is 0 Å². The average Bonchev–Trinajstić information content (AvgIpc) is 2.38. The van der Waals surface area contributed by atoms with E-state index in [1.54, 1.807) is 0 Å². The van der Waals surface area contributed by atoms with Gasteiger partial charge in [-0.15, -0.1) is 0 Å². The van der Waals surface area contributed by atoms with Crippen LogP contribution in [0.3, 0.4) is 0 Å². The van der Waals surface area contributed by atoms with Gasteiger partial charge < -0.3 is 10.6 Å². The Balaban J connectivity index is 2.07. The van der Waals surface area contributed by atoms with Gasteiger partial charge >= 0.3 is 6.18 Å². The van der Waals surface area contributed by atoms with Crippen LogP contribution >= 0.6 is 0 Å². The first-order valence-corrected chi connectivity index (χ1v) is 6.24. The van der Waals surface area contributed by atoms with Crippen molar-refractivity contribution < 1.29 is 13.2 Å². The van der Waals surface area contributed by atoms with E-state index in [2.05, 4.69) is 0 Å². The third kappa shape index (κ3) is 3.29. The number of nitrogens with zero attached hydrogens (tertiary/aromatic N) is 1. The summed E-state index contributed by atoms with van der Waals surface area (Å²) in [6.45, 7) is 2.59. The molecule has 1 atom stereocenters. The van der Waals surface area contributed by atoms with Crippen LogP contribution in [0.15, 0.2) is 35.9 Å². The fourth-order valence-corrected chi connectivity index (χ4v) is 2.15. The minimum atomic E-state index is -4.19. The molecule has 0 fully saturated rings. The van der Waals surface area contributed by atoms with Gasteiger partial charge in [-0.25, -0.2) is 0 Å². The Hall–Kier alpha value is -1.49. The lowest BCUT2D eigenvalue weighted by molar-refractivity contribution is -0.0943. The largest absolute Gasteiger partial charge is 0.412 e. The van der Waals surface area contributed by atoms with Gasteiger partial charge in [0.2, 0.25) is 0 Å². The van der Waals surface area contributed by atoms with Crippen LogP contribution < -0.4 is 10.6 Å². The van der Waals surface area contributed by atoms with Gasteiger partial charge in [0.1, 0.15) is 0 Å². The molecule has 0 saturated carbocycles. The Morgan fingerprint density at radius 3 is 2.26 bits per heavy atom. The molecular formula is C14H17F3N2. The van der Waals surface area contributed by atoms with E-state index in [9.17, 15) is 13.2 Å². The van der Waals surface area contributed by atoms with Crippen LogP contribution in [-0.4, -0.2) is 19.3 Å². The van der Waals surface area contributed by atoms with E-state index >= 15 is 0 Å². The molecule has 1 aromatic carbocycles. The standard InChI is InChI=1S/C14H17F3N2/c1-10(18)11-2-4-13(5-3-11)19-8-6-12(7-9-19)14(15,16)17/h2-6,10H,7-9,18H2,1H3/t10-/m0/s1. The molecule has 0 saturated heterocycles. The first kappa shape index (κ1) is 13.9. The quantitative estimate of drug-likeness (QED) is 0.834. The van der Waals surface area contributed by atoms with Crippen LogP contribution in [0.2, 0.25) is 0 Å². The molecule has 2 N–H and O–H groups in total. The summed E-state index contributed by atoms with van der Waals surface area (Å²) in [6, 6.07) is 7.62. The average molecular weight is 270 g/mol. The molecule has 104 valence electrons. The Kier molecular flexibility index (Phi) is 3.85. The predicted octanol–water partition coefficient (Wildman–Crippen LogP) is 3.41. The minimum absolute atomic E-state index is 0.0351. The van der Waals surface area contributed by atoms with Gasteiger partial charge in [0, 0.05) is 30.4 Å². The molecule has 1 aliphatic heterocycles. The zero-order chi connectivity index (χ0) is 14.0. The van der Waals surface area contributed by atoms with Crippen molar-refractivity contribution in [2.24, 2.45) is 5.73 Å². The molecular weight excluding hydrogens is 253 g/mol. The summed E-state index contributed by atoms with van der Waals surface area (Å²) < 4.78 is 37.5. The van der Waals surface area contributed by atoms with Gasteiger partial charge in [-0.05, 0) is 31.0 Å². The first-order valence-electron chi connectivity index (χ1n) is 6.24. The fourth-order valence-electron chi connectivity index (χ4n) is 2.15. The molecule has 0 spiro atoms. The van der Waals surface area contributed by atoms with Gasteiger partial charge in [-0.2, -0.15) is 13.2 Å². The summed E-state index contributed by atoms with van der Waals surface area (Å²) in [4.78, 5) is 1.93. The maximum Gasteiger partial charge on any atom is 0.412 e. The Morgan fingerprint density at radius 2 is 1.84 bits per heavy atom. The molecule has 0 aliphatic carbocycles. The molecule has 1 heterocycles. The lowest BCUT2D eigenvalue weighted by atomic mass is 10.1. The minimum Gasteiger partial charge on any atom is -0.367 e. The molecule has 2 rings (SSSR count). The van der Waals surface area contributed by atoms with Crippen molar-refractivity contribution >= 4 is 5.69 Å². The summed E-state index contributed by atoms with van der Waals surface area (Å²) in [5.41, 5.74) is 7.29. The summed E-state index contributed by atoms with van der Waals surface area (Å²) >= 11 is 0. The van der Waals surface area contributed by atoms with Crippen molar-refractivity contribution in [3.8, 4) is 0 Å². The molecule has 0 amide bonds. The highest BCUT2D eigenvalue weighted by molar-refractivity contribution is 5.49. The Bertz CT molecular complexity index is 461. The fraction of sp³-hybridized carbons (Fsp3) is 0.429. The van der Waals surface area contributed by atoms with E-state index < -0.39 is 11.7 Å². The molecule has 0 unspecified atom stereocenters. The van der Waals surface area contributed by atoms with Crippen molar-refractivity contribution in [1.29, 1.82) is 0 Å². The number of alkyl halides is 3. The first-order chi connectivity index (χ1) is 8.88. The predicted molar refractivity (Wildman–Crippen MR) is 70.0 cm³/mol. The third-order valence-electron chi connectivity index (χ3n) is 3.36. The number of benzene rings is 1. The van der Waals surface area contributed by atoms with Gasteiger partial charge in [-0.3, -0.25) is 0 Å². The van der Waals surface area contributed by atoms with E-state index in [4.69, 9.17) is 5.73 Å². The second kappa shape index (κ2) is 5.25. The van der Waals surface area contributed by atoms with E-state index in [0.717, 1.165) is 11.3 Å². The molecule has 0 bridgehead atoms. The highest BCUT2D eigenvalue weighted by Gasteiger charge is 2.34. The molecule has 0 aromatic heterocycles. The second-order valence-corrected chi connectivity index (χ2v) is 4.80.